The molecule has 0 aromatic rings. The van der Waals surface area contributed by atoms with E-state index in [0.29, 0.717) is 17.4 Å². The molecule has 1 aliphatic heterocycles. The van der Waals surface area contributed by atoms with E-state index in [4.69, 9.17) is 4.74 Å². The van der Waals surface area contributed by atoms with E-state index >= 15 is 0 Å². The van der Waals surface area contributed by atoms with Gasteiger partial charge in [0, 0.05) is 11.5 Å². The Morgan fingerprint density at radius 3 is 3.00 bits per heavy atom. The summed E-state index contributed by atoms with van der Waals surface area (Å²) in [5, 5.41) is 0. The number of carbonyl (C=O) groups excluding carboxylic acids is 1. The van der Waals surface area contributed by atoms with Gasteiger partial charge in [0.15, 0.2) is 0 Å². The smallest absolute Gasteiger partial charge is 0.334 e. The molecule has 1 saturated heterocycles. The average molecular weight is 166 g/mol. The topological polar surface area (TPSA) is 26.3 Å². The first-order valence-corrected chi connectivity index (χ1v) is 4.58. The summed E-state index contributed by atoms with van der Waals surface area (Å²) in [6.45, 7) is 5.98. The van der Waals surface area contributed by atoms with Crippen molar-refractivity contribution >= 4 is 5.97 Å². The van der Waals surface area contributed by atoms with Crippen LogP contribution in [0, 0.1) is 11.8 Å². The predicted octanol–water partition coefficient (Wildman–Crippen LogP) is 1.90. The van der Waals surface area contributed by atoms with Crippen LogP contribution in [0.2, 0.25) is 0 Å². The van der Waals surface area contributed by atoms with Crippen LogP contribution in [0.4, 0.5) is 0 Å². The van der Waals surface area contributed by atoms with Crippen molar-refractivity contribution in [2.45, 2.75) is 32.3 Å². The van der Waals surface area contributed by atoms with E-state index in [9.17, 15) is 4.79 Å². The zero-order chi connectivity index (χ0) is 8.72. The molecule has 1 heterocycles. The minimum Gasteiger partial charge on any atom is -0.458 e. The molecule has 3 atom stereocenters. The normalized spacial score (nSPS) is 40.9. The Labute approximate surface area is 72.6 Å². The minimum absolute atomic E-state index is 0.147. The van der Waals surface area contributed by atoms with E-state index in [1.807, 2.05) is 0 Å². The Morgan fingerprint density at radius 1 is 1.50 bits per heavy atom. The minimum atomic E-state index is -0.167. The number of hydrogen-bond donors (Lipinski definition) is 0. The third kappa shape index (κ3) is 1.06. The maximum Gasteiger partial charge on any atom is 0.334 e. The standard InChI is InChI=1S/C10H14O2/c1-6-3-4-8-7(2)10(11)12-9(8)5-6/h6,8-9H,2-5H2,1H3/t6?,8-,9+/m0/s1. The maximum atomic E-state index is 11.1. The van der Waals surface area contributed by atoms with Gasteiger partial charge >= 0.3 is 5.97 Å². The van der Waals surface area contributed by atoms with Crippen LogP contribution in [0.25, 0.3) is 0 Å². The first kappa shape index (κ1) is 7.84. The molecule has 0 bridgehead atoms. The van der Waals surface area contributed by atoms with Crippen molar-refractivity contribution in [3.63, 3.8) is 0 Å². The fourth-order valence-electron chi connectivity index (χ4n) is 2.22. The van der Waals surface area contributed by atoms with Gasteiger partial charge in [0.2, 0.25) is 0 Å². The van der Waals surface area contributed by atoms with Crippen molar-refractivity contribution in [3.8, 4) is 0 Å². The van der Waals surface area contributed by atoms with Gasteiger partial charge in [0.1, 0.15) is 6.10 Å². The van der Waals surface area contributed by atoms with Crippen molar-refractivity contribution in [1.29, 1.82) is 0 Å². The fraction of sp³-hybridized carbons (Fsp3) is 0.700. The summed E-state index contributed by atoms with van der Waals surface area (Å²) in [6, 6.07) is 0. The van der Waals surface area contributed by atoms with E-state index in [1.165, 1.54) is 6.42 Å². The first-order valence-electron chi connectivity index (χ1n) is 4.58. The summed E-state index contributed by atoms with van der Waals surface area (Å²) < 4.78 is 5.21. The maximum absolute atomic E-state index is 11.1. The highest BCUT2D eigenvalue weighted by Gasteiger charge is 2.41. The molecule has 2 fully saturated rings. The second kappa shape index (κ2) is 2.61. The van der Waals surface area contributed by atoms with Gasteiger partial charge in [-0.15, -0.1) is 0 Å². The predicted molar refractivity (Wildman–Crippen MR) is 45.5 cm³/mol. The largest absolute Gasteiger partial charge is 0.458 e. The molecule has 2 rings (SSSR count). The summed E-state index contributed by atoms with van der Waals surface area (Å²) in [5.41, 5.74) is 0.701. The molecule has 1 unspecified atom stereocenters. The van der Waals surface area contributed by atoms with Crippen LogP contribution in [0.1, 0.15) is 26.2 Å². The van der Waals surface area contributed by atoms with E-state index in [0.717, 1.165) is 12.8 Å². The highest BCUT2D eigenvalue weighted by atomic mass is 16.6. The summed E-state index contributed by atoms with van der Waals surface area (Å²) in [7, 11) is 0. The molecule has 2 nitrogen and oxygen atoms in total. The van der Waals surface area contributed by atoms with Crippen LogP contribution in [0.3, 0.4) is 0 Å². The van der Waals surface area contributed by atoms with Crippen LogP contribution in [0.15, 0.2) is 12.2 Å². The van der Waals surface area contributed by atoms with Gasteiger partial charge in [0.05, 0.1) is 0 Å². The van der Waals surface area contributed by atoms with Gasteiger partial charge in [-0.2, -0.15) is 0 Å². The lowest BCUT2D eigenvalue weighted by atomic mass is 9.79. The molecular weight excluding hydrogens is 152 g/mol. The summed E-state index contributed by atoms with van der Waals surface area (Å²) >= 11 is 0. The van der Waals surface area contributed by atoms with E-state index in [-0.39, 0.29) is 12.1 Å². The highest BCUT2D eigenvalue weighted by molar-refractivity contribution is 5.90. The molecular formula is C10H14O2. The lowest BCUT2D eigenvalue weighted by Gasteiger charge is -2.27. The molecule has 1 saturated carbocycles. The zero-order valence-corrected chi connectivity index (χ0v) is 7.38. The van der Waals surface area contributed by atoms with Crippen molar-refractivity contribution in [1.82, 2.24) is 0 Å². The summed E-state index contributed by atoms with van der Waals surface area (Å²) in [6.07, 6.45) is 3.46. The van der Waals surface area contributed by atoms with Crippen LogP contribution >= 0.6 is 0 Å². The second-order valence-corrected chi connectivity index (χ2v) is 3.99. The Balaban J connectivity index is 2.14. The van der Waals surface area contributed by atoms with E-state index < -0.39 is 0 Å². The van der Waals surface area contributed by atoms with Crippen LogP contribution in [-0.2, 0) is 9.53 Å². The Kier molecular flexibility index (Phi) is 1.71. The van der Waals surface area contributed by atoms with E-state index in [1.54, 1.807) is 0 Å². The molecule has 12 heavy (non-hydrogen) atoms. The molecule has 0 radical (unpaired) electrons. The number of esters is 1. The van der Waals surface area contributed by atoms with Gasteiger partial charge in [-0.05, 0) is 25.2 Å². The van der Waals surface area contributed by atoms with Gasteiger partial charge in [-0.1, -0.05) is 13.5 Å². The molecule has 0 N–H and O–H groups in total. The number of rotatable bonds is 0. The number of carbonyl (C=O) groups is 1. The van der Waals surface area contributed by atoms with Gasteiger partial charge in [-0.25, -0.2) is 4.79 Å². The van der Waals surface area contributed by atoms with E-state index in [2.05, 4.69) is 13.5 Å². The second-order valence-electron chi connectivity index (χ2n) is 3.99. The fourth-order valence-corrected chi connectivity index (χ4v) is 2.22. The highest BCUT2D eigenvalue weighted by Crippen LogP contribution is 2.39. The lowest BCUT2D eigenvalue weighted by Crippen LogP contribution is -2.25. The molecule has 1 aliphatic carbocycles. The number of fused-ring (bicyclic) bond motifs is 1. The Hall–Kier alpha value is -0.790. The molecule has 66 valence electrons. The monoisotopic (exact) mass is 166 g/mol. The Morgan fingerprint density at radius 2 is 2.25 bits per heavy atom. The molecule has 2 heteroatoms. The first-order chi connectivity index (χ1) is 5.68. The number of ether oxygens (including phenoxy) is 1. The third-order valence-electron chi connectivity index (χ3n) is 3.02. The van der Waals surface area contributed by atoms with Crippen LogP contribution in [0.5, 0.6) is 0 Å². The quantitative estimate of drug-likeness (QED) is 0.406. The molecule has 0 spiro atoms. The summed E-state index contributed by atoms with van der Waals surface area (Å²) in [5.74, 6) is 0.859. The van der Waals surface area contributed by atoms with Gasteiger partial charge in [0.25, 0.3) is 0 Å². The van der Waals surface area contributed by atoms with Crippen LogP contribution in [-0.4, -0.2) is 12.1 Å². The number of hydrogen-bond acceptors (Lipinski definition) is 2. The van der Waals surface area contributed by atoms with Crippen molar-refractivity contribution in [2.24, 2.45) is 11.8 Å². The van der Waals surface area contributed by atoms with Crippen molar-refractivity contribution in [3.05, 3.63) is 12.2 Å². The molecule has 0 aromatic heterocycles. The average Bonchev–Trinajstić information content (AvgIpc) is 2.28. The molecule has 0 amide bonds. The molecule has 0 aromatic carbocycles. The third-order valence-corrected chi connectivity index (χ3v) is 3.02. The SMILES string of the molecule is C=C1C(=O)O[C@@H]2CC(C)CC[C@@H]12. The summed E-state index contributed by atoms with van der Waals surface area (Å²) in [4.78, 5) is 11.1. The van der Waals surface area contributed by atoms with Crippen molar-refractivity contribution in [2.75, 3.05) is 0 Å². The van der Waals surface area contributed by atoms with Crippen molar-refractivity contribution < 1.29 is 9.53 Å². The van der Waals surface area contributed by atoms with Gasteiger partial charge in [-0.3, -0.25) is 0 Å². The molecule has 2 aliphatic rings. The Bertz CT molecular complexity index is 232. The zero-order valence-electron chi connectivity index (χ0n) is 7.38. The van der Waals surface area contributed by atoms with Gasteiger partial charge < -0.3 is 4.74 Å². The van der Waals surface area contributed by atoms with Crippen LogP contribution < -0.4 is 0 Å². The lowest BCUT2D eigenvalue weighted by molar-refractivity contribution is -0.140.